The molecule has 2 aromatic rings. The van der Waals surface area contributed by atoms with Gasteiger partial charge >= 0.3 is 6.09 Å². The maximum absolute atomic E-state index is 11.8. The first-order valence-electron chi connectivity index (χ1n) is 8.33. The smallest absolute Gasteiger partial charge is 0.407 e. The molecule has 1 aromatic carbocycles. The molecule has 0 saturated carbocycles. The molecule has 2 atom stereocenters. The third kappa shape index (κ3) is 6.54. The molecule has 2 rings (SSSR count). The summed E-state index contributed by atoms with van der Waals surface area (Å²) in [7, 11) is 0. The standard InChI is InChI=1S/C18H26N4O3/c1-13(19-17(24)25-18(2,3)4)16(23)10-15-12-22(21-20-15)11-14-8-6-5-7-9-14/h5-9,12-13,16,23H,10-11H2,1-4H3,(H,19,24). The van der Waals surface area contributed by atoms with Gasteiger partial charge in [0.15, 0.2) is 0 Å². The first-order valence-corrected chi connectivity index (χ1v) is 8.33. The van der Waals surface area contributed by atoms with Crippen LogP contribution in [-0.2, 0) is 17.7 Å². The van der Waals surface area contributed by atoms with Gasteiger partial charge in [0.1, 0.15) is 5.60 Å². The van der Waals surface area contributed by atoms with E-state index in [9.17, 15) is 9.90 Å². The maximum Gasteiger partial charge on any atom is 0.407 e. The first kappa shape index (κ1) is 18.9. The number of nitrogens with one attached hydrogen (secondary N) is 1. The SMILES string of the molecule is CC(NC(=O)OC(C)(C)C)C(O)Cc1cn(Cc2ccccc2)nn1. The molecular formula is C18H26N4O3. The zero-order valence-corrected chi connectivity index (χ0v) is 15.1. The average Bonchev–Trinajstić information content (AvgIpc) is 2.93. The zero-order chi connectivity index (χ0) is 18.4. The number of aliphatic hydroxyl groups is 1. The molecule has 1 amide bonds. The third-order valence-corrected chi connectivity index (χ3v) is 3.51. The number of hydrogen-bond donors (Lipinski definition) is 2. The Labute approximate surface area is 148 Å². The highest BCUT2D eigenvalue weighted by Crippen LogP contribution is 2.09. The van der Waals surface area contributed by atoms with E-state index < -0.39 is 23.8 Å². The summed E-state index contributed by atoms with van der Waals surface area (Å²) in [6, 6.07) is 9.48. The molecule has 136 valence electrons. The summed E-state index contributed by atoms with van der Waals surface area (Å²) < 4.78 is 6.91. The van der Waals surface area contributed by atoms with Gasteiger partial charge in [-0.25, -0.2) is 9.48 Å². The molecule has 7 nitrogen and oxygen atoms in total. The highest BCUT2D eigenvalue weighted by molar-refractivity contribution is 5.68. The van der Waals surface area contributed by atoms with Gasteiger partial charge in [-0.3, -0.25) is 0 Å². The Hall–Kier alpha value is -2.41. The van der Waals surface area contributed by atoms with Gasteiger partial charge in [0.2, 0.25) is 0 Å². The summed E-state index contributed by atoms with van der Waals surface area (Å²) >= 11 is 0. The lowest BCUT2D eigenvalue weighted by molar-refractivity contribution is 0.0436. The number of carbonyl (C=O) groups is 1. The van der Waals surface area contributed by atoms with Crippen molar-refractivity contribution >= 4 is 6.09 Å². The lowest BCUT2D eigenvalue weighted by Gasteiger charge is -2.24. The molecule has 0 bridgehead atoms. The van der Waals surface area contributed by atoms with Gasteiger partial charge < -0.3 is 15.2 Å². The van der Waals surface area contributed by atoms with Crippen LogP contribution in [0.1, 0.15) is 39.0 Å². The second-order valence-electron chi connectivity index (χ2n) is 7.10. The molecule has 0 aliphatic rings. The summed E-state index contributed by atoms with van der Waals surface area (Å²) in [5.41, 5.74) is 1.22. The molecule has 0 saturated heterocycles. The Morgan fingerprint density at radius 1 is 1.32 bits per heavy atom. The molecule has 0 aliphatic carbocycles. The Morgan fingerprint density at radius 3 is 2.64 bits per heavy atom. The van der Waals surface area contributed by atoms with Gasteiger partial charge in [-0.15, -0.1) is 5.10 Å². The number of hydrogen-bond acceptors (Lipinski definition) is 5. The summed E-state index contributed by atoms with van der Waals surface area (Å²) in [6.45, 7) is 7.72. The van der Waals surface area contributed by atoms with Crippen molar-refractivity contribution < 1.29 is 14.6 Å². The number of aliphatic hydroxyl groups excluding tert-OH is 1. The molecule has 2 unspecified atom stereocenters. The van der Waals surface area contributed by atoms with Crippen molar-refractivity contribution in [3.05, 3.63) is 47.8 Å². The van der Waals surface area contributed by atoms with E-state index in [1.165, 1.54) is 0 Å². The van der Waals surface area contributed by atoms with E-state index in [4.69, 9.17) is 4.74 Å². The predicted octanol–water partition coefficient (Wildman–Crippen LogP) is 2.14. The minimum absolute atomic E-state index is 0.297. The number of nitrogens with zero attached hydrogens (tertiary/aromatic N) is 3. The Kier molecular flexibility index (Phi) is 6.14. The first-order chi connectivity index (χ1) is 11.7. The van der Waals surface area contributed by atoms with Crippen LogP contribution in [0.2, 0.25) is 0 Å². The van der Waals surface area contributed by atoms with E-state index in [0.717, 1.165) is 5.56 Å². The average molecular weight is 346 g/mol. The predicted molar refractivity (Wildman–Crippen MR) is 94.1 cm³/mol. The Morgan fingerprint density at radius 2 is 2.00 bits per heavy atom. The lowest BCUT2D eigenvalue weighted by atomic mass is 10.1. The van der Waals surface area contributed by atoms with Crippen LogP contribution in [0.3, 0.4) is 0 Å². The van der Waals surface area contributed by atoms with Gasteiger partial charge in [-0.2, -0.15) is 0 Å². The monoisotopic (exact) mass is 346 g/mol. The van der Waals surface area contributed by atoms with Crippen LogP contribution < -0.4 is 5.32 Å². The van der Waals surface area contributed by atoms with Gasteiger partial charge in [-0.1, -0.05) is 35.5 Å². The summed E-state index contributed by atoms with van der Waals surface area (Å²) in [5.74, 6) is 0. The van der Waals surface area contributed by atoms with E-state index in [2.05, 4.69) is 15.6 Å². The highest BCUT2D eigenvalue weighted by Gasteiger charge is 2.22. The van der Waals surface area contributed by atoms with Gasteiger partial charge in [-0.05, 0) is 33.3 Å². The molecule has 0 fully saturated rings. The van der Waals surface area contributed by atoms with Crippen molar-refractivity contribution in [1.29, 1.82) is 0 Å². The van der Waals surface area contributed by atoms with E-state index in [1.54, 1.807) is 38.6 Å². The van der Waals surface area contributed by atoms with Crippen molar-refractivity contribution in [2.45, 2.75) is 58.4 Å². The number of alkyl carbamates (subject to hydrolysis) is 1. The number of aromatic nitrogens is 3. The molecular weight excluding hydrogens is 320 g/mol. The van der Waals surface area contributed by atoms with E-state index >= 15 is 0 Å². The van der Waals surface area contributed by atoms with E-state index in [-0.39, 0.29) is 0 Å². The van der Waals surface area contributed by atoms with Gasteiger partial charge in [0.25, 0.3) is 0 Å². The number of rotatable bonds is 6. The highest BCUT2D eigenvalue weighted by atomic mass is 16.6. The second-order valence-corrected chi connectivity index (χ2v) is 7.10. The molecule has 0 aliphatic heterocycles. The Balaban J connectivity index is 1.86. The molecule has 0 spiro atoms. The number of benzene rings is 1. The second kappa shape index (κ2) is 8.11. The molecule has 0 radical (unpaired) electrons. The fourth-order valence-corrected chi connectivity index (χ4v) is 2.26. The van der Waals surface area contributed by atoms with E-state index in [0.29, 0.717) is 18.7 Å². The lowest BCUT2D eigenvalue weighted by Crippen LogP contribution is -2.44. The van der Waals surface area contributed by atoms with Gasteiger partial charge in [0.05, 0.1) is 24.4 Å². The van der Waals surface area contributed by atoms with Crippen molar-refractivity contribution in [3.8, 4) is 0 Å². The molecule has 25 heavy (non-hydrogen) atoms. The van der Waals surface area contributed by atoms with Crippen LogP contribution in [0.25, 0.3) is 0 Å². The van der Waals surface area contributed by atoms with Crippen LogP contribution >= 0.6 is 0 Å². The molecule has 7 heteroatoms. The quantitative estimate of drug-likeness (QED) is 0.836. The number of carbonyl (C=O) groups excluding carboxylic acids is 1. The van der Waals surface area contributed by atoms with Crippen molar-refractivity contribution in [1.82, 2.24) is 20.3 Å². The summed E-state index contributed by atoms with van der Waals surface area (Å²) in [6.07, 6.45) is 0.767. The van der Waals surface area contributed by atoms with Crippen LogP contribution in [0.4, 0.5) is 4.79 Å². The van der Waals surface area contributed by atoms with Crippen molar-refractivity contribution in [2.24, 2.45) is 0 Å². The molecule has 1 aromatic heterocycles. The van der Waals surface area contributed by atoms with Crippen molar-refractivity contribution in [2.75, 3.05) is 0 Å². The molecule has 2 N–H and O–H groups in total. The minimum Gasteiger partial charge on any atom is -0.444 e. The van der Waals surface area contributed by atoms with Crippen LogP contribution in [0, 0.1) is 0 Å². The number of ether oxygens (including phenoxy) is 1. The fourth-order valence-electron chi connectivity index (χ4n) is 2.26. The Bertz CT molecular complexity index is 679. The fraction of sp³-hybridized carbons (Fsp3) is 0.500. The number of amides is 1. The van der Waals surface area contributed by atoms with Crippen LogP contribution in [-0.4, -0.2) is 43.9 Å². The summed E-state index contributed by atoms with van der Waals surface area (Å²) in [5, 5.41) is 21.1. The summed E-state index contributed by atoms with van der Waals surface area (Å²) in [4.78, 5) is 11.8. The normalized spacial score (nSPS) is 14.0. The molecule has 1 heterocycles. The maximum atomic E-state index is 11.8. The van der Waals surface area contributed by atoms with Crippen LogP contribution in [0.5, 0.6) is 0 Å². The minimum atomic E-state index is -0.783. The van der Waals surface area contributed by atoms with Crippen molar-refractivity contribution in [3.63, 3.8) is 0 Å². The van der Waals surface area contributed by atoms with Gasteiger partial charge in [0, 0.05) is 12.6 Å². The third-order valence-electron chi connectivity index (χ3n) is 3.51. The van der Waals surface area contributed by atoms with Crippen LogP contribution in [0.15, 0.2) is 36.5 Å². The topological polar surface area (TPSA) is 89.3 Å². The zero-order valence-electron chi connectivity index (χ0n) is 15.1. The van der Waals surface area contributed by atoms with E-state index in [1.807, 2.05) is 30.3 Å². The largest absolute Gasteiger partial charge is 0.444 e.